The molecule has 0 heterocycles. The van der Waals surface area contributed by atoms with Gasteiger partial charge in [-0.25, -0.2) is 0 Å². The van der Waals surface area contributed by atoms with Gasteiger partial charge in [-0.15, -0.1) is 12.4 Å². The molecule has 6 heteroatoms. The third-order valence-electron chi connectivity index (χ3n) is 5.22. The van der Waals surface area contributed by atoms with Gasteiger partial charge in [0.05, 0.1) is 12.8 Å². The molecule has 1 aromatic carbocycles. The Hall–Kier alpha value is -0.780. The molecule has 1 amide bonds. The number of rotatable bonds is 3. The van der Waals surface area contributed by atoms with Crippen molar-refractivity contribution in [1.29, 1.82) is 0 Å². The summed E-state index contributed by atoms with van der Waals surface area (Å²) in [5, 5.41) is 3.05. The van der Waals surface area contributed by atoms with Crippen molar-refractivity contribution in [2.45, 2.75) is 38.1 Å². The quantitative estimate of drug-likeness (QED) is 0.802. The maximum Gasteiger partial charge on any atom is 0.227 e. The van der Waals surface area contributed by atoms with Crippen LogP contribution in [0.15, 0.2) is 22.7 Å². The number of hydrogen-bond donors (Lipinski definition) is 2. The lowest BCUT2D eigenvalue weighted by Crippen LogP contribution is -2.48. The Bertz CT molecular complexity index is 556. The van der Waals surface area contributed by atoms with Crippen LogP contribution in [0.3, 0.4) is 0 Å². The average Bonchev–Trinajstić information content (AvgIpc) is 2.49. The zero-order valence-electron chi connectivity index (χ0n) is 13.3. The molecule has 0 saturated heterocycles. The molecule has 2 bridgehead atoms. The zero-order chi connectivity index (χ0) is 15.7. The number of methoxy groups -OCH3 is 1. The van der Waals surface area contributed by atoms with Gasteiger partial charge in [-0.1, -0.05) is 6.42 Å². The van der Waals surface area contributed by atoms with Crippen LogP contribution >= 0.6 is 28.3 Å². The van der Waals surface area contributed by atoms with E-state index in [9.17, 15) is 4.79 Å². The third-order valence-corrected chi connectivity index (χ3v) is 5.91. The predicted molar refractivity (Wildman–Crippen MR) is 98.1 cm³/mol. The molecule has 4 nitrogen and oxygen atoms in total. The van der Waals surface area contributed by atoms with Crippen molar-refractivity contribution in [2.24, 2.45) is 23.5 Å². The molecule has 2 aliphatic carbocycles. The Kier molecular flexibility index (Phi) is 6.34. The summed E-state index contributed by atoms with van der Waals surface area (Å²) in [5.41, 5.74) is 7.07. The monoisotopic (exact) mass is 402 g/mol. The molecular weight excluding hydrogens is 380 g/mol. The number of nitrogens with two attached hydrogens (primary N) is 1. The molecule has 23 heavy (non-hydrogen) atoms. The minimum absolute atomic E-state index is 0. The van der Waals surface area contributed by atoms with Gasteiger partial charge >= 0.3 is 0 Å². The fourth-order valence-corrected chi connectivity index (χ4v) is 4.31. The molecule has 0 radical (unpaired) electrons. The Morgan fingerprint density at radius 3 is 2.57 bits per heavy atom. The first-order valence-corrected chi connectivity index (χ1v) is 8.77. The van der Waals surface area contributed by atoms with Crippen molar-refractivity contribution in [2.75, 3.05) is 12.4 Å². The molecule has 0 spiro atoms. The number of nitrogens with one attached hydrogen (secondary N) is 1. The number of ether oxygens (including phenoxy) is 1. The molecule has 0 aliphatic heterocycles. The number of carbonyl (C=O) groups is 1. The highest BCUT2D eigenvalue weighted by Gasteiger charge is 2.40. The second kappa shape index (κ2) is 7.86. The largest absolute Gasteiger partial charge is 0.497 e. The second-order valence-electron chi connectivity index (χ2n) is 6.53. The van der Waals surface area contributed by atoms with Gasteiger partial charge in [0.15, 0.2) is 0 Å². The van der Waals surface area contributed by atoms with E-state index in [-0.39, 0.29) is 24.2 Å². The molecule has 0 aromatic heterocycles. The van der Waals surface area contributed by atoms with Crippen LogP contribution < -0.4 is 15.8 Å². The number of carbonyl (C=O) groups excluding carboxylic acids is 1. The Morgan fingerprint density at radius 1 is 1.30 bits per heavy atom. The van der Waals surface area contributed by atoms with Crippen molar-refractivity contribution in [3.8, 4) is 5.75 Å². The summed E-state index contributed by atoms with van der Waals surface area (Å²) in [7, 11) is 1.62. The molecular formula is C17H24BrClN2O2. The van der Waals surface area contributed by atoms with Gasteiger partial charge in [0, 0.05) is 22.5 Å². The third kappa shape index (κ3) is 4.01. The van der Waals surface area contributed by atoms with E-state index in [4.69, 9.17) is 10.5 Å². The molecule has 2 aliphatic rings. The van der Waals surface area contributed by atoms with E-state index in [0.29, 0.717) is 17.9 Å². The van der Waals surface area contributed by atoms with E-state index >= 15 is 0 Å². The SMILES string of the molecule is COc1ccc(Br)c(NC(=O)C2CC3CCCC(C2)C3N)c1.Cl. The van der Waals surface area contributed by atoms with E-state index in [2.05, 4.69) is 21.2 Å². The number of amides is 1. The van der Waals surface area contributed by atoms with E-state index in [1.54, 1.807) is 7.11 Å². The smallest absolute Gasteiger partial charge is 0.227 e. The first kappa shape index (κ1) is 18.6. The molecule has 3 rings (SSSR count). The number of fused-ring (bicyclic) bond motifs is 2. The van der Waals surface area contributed by atoms with Crippen LogP contribution in [0.4, 0.5) is 5.69 Å². The summed E-state index contributed by atoms with van der Waals surface area (Å²) in [6, 6.07) is 5.89. The Labute approximate surface area is 152 Å². The first-order valence-electron chi connectivity index (χ1n) is 7.98. The fourth-order valence-electron chi connectivity index (χ4n) is 3.97. The lowest BCUT2D eigenvalue weighted by Gasteiger charge is -2.43. The van der Waals surface area contributed by atoms with Crippen LogP contribution in [0.1, 0.15) is 32.1 Å². The molecule has 2 saturated carbocycles. The van der Waals surface area contributed by atoms with E-state index in [1.807, 2.05) is 18.2 Å². The number of halogens is 2. The highest BCUT2D eigenvalue weighted by atomic mass is 79.9. The van der Waals surface area contributed by atoms with Crippen molar-refractivity contribution >= 4 is 39.9 Å². The lowest BCUT2D eigenvalue weighted by atomic mass is 9.65. The second-order valence-corrected chi connectivity index (χ2v) is 7.39. The summed E-state index contributed by atoms with van der Waals surface area (Å²) in [5.74, 6) is 1.95. The van der Waals surface area contributed by atoms with Gasteiger partial charge in [0.25, 0.3) is 0 Å². The normalized spacial score (nSPS) is 29.3. The van der Waals surface area contributed by atoms with Gasteiger partial charge < -0.3 is 15.8 Å². The molecule has 2 unspecified atom stereocenters. The summed E-state index contributed by atoms with van der Waals surface area (Å²) in [6.07, 6.45) is 5.45. The minimum atomic E-state index is 0. The summed E-state index contributed by atoms with van der Waals surface area (Å²) >= 11 is 3.48. The van der Waals surface area contributed by atoms with Crippen molar-refractivity contribution in [3.05, 3.63) is 22.7 Å². The van der Waals surface area contributed by atoms with Crippen molar-refractivity contribution in [3.63, 3.8) is 0 Å². The van der Waals surface area contributed by atoms with Crippen LogP contribution in [0.5, 0.6) is 5.75 Å². The van der Waals surface area contributed by atoms with Gasteiger partial charge in [0.1, 0.15) is 5.75 Å². The first-order chi connectivity index (χ1) is 10.6. The Morgan fingerprint density at radius 2 is 1.96 bits per heavy atom. The standard InChI is InChI=1S/C17H23BrN2O2.ClH/c1-22-13-5-6-14(18)15(9-13)20-17(21)12-7-10-3-2-4-11(8-12)16(10)19;/h5-6,9-12,16H,2-4,7-8,19H2,1H3,(H,20,21);1H. The summed E-state index contributed by atoms with van der Waals surface area (Å²) in [6.45, 7) is 0. The van der Waals surface area contributed by atoms with E-state index in [1.165, 1.54) is 19.3 Å². The van der Waals surface area contributed by atoms with Crippen LogP contribution in [0.25, 0.3) is 0 Å². The van der Waals surface area contributed by atoms with E-state index < -0.39 is 0 Å². The predicted octanol–water partition coefficient (Wildman–Crippen LogP) is 3.97. The van der Waals surface area contributed by atoms with Crippen LogP contribution in [0.2, 0.25) is 0 Å². The average molecular weight is 404 g/mol. The van der Waals surface area contributed by atoms with Crippen molar-refractivity contribution < 1.29 is 9.53 Å². The van der Waals surface area contributed by atoms with E-state index in [0.717, 1.165) is 28.8 Å². The maximum absolute atomic E-state index is 12.6. The highest BCUT2D eigenvalue weighted by molar-refractivity contribution is 9.10. The number of hydrogen-bond acceptors (Lipinski definition) is 3. The van der Waals surface area contributed by atoms with Crippen molar-refractivity contribution in [1.82, 2.24) is 0 Å². The van der Waals surface area contributed by atoms with Gasteiger partial charge in [-0.2, -0.15) is 0 Å². The van der Waals surface area contributed by atoms with Gasteiger partial charge in [-0.3, -0.25) is 4.79 Å². The molecule has 2 fully saturated rings. The number of anilines is 1. The molecule has 1 aromatic rings. The lowest BCUT2D eigenvalue weighted by molar-refractivity contribution is -0.122. The highest BCUT2D eigenvalue weighted by Crippen LogP contribution is 2.42. The molecule has 2 atom stereocenters. The molecule has 128 valence electrons. The zero-order valence-corrected chi connectivity index (χ0v) is 15.7. The minimum Gasteiger partial charge on any atom is -0.497 e. The Balaban J connectivity index is 0.00000192. The fraction of sp³-hybridized carbons (Fsp3) is 0.588. The topological polar surface area (TPSA) is 64.3 Å². The van der Waals surface area contributed by atoms with Crippen LogP contribution in [-0.2, 0) is 4.79 Å². The van der Waals surface area contributed by atoms with Gasteiger partial charge in [0.2, 0.25) is 5.91 Å². The number of benzene rings is 1. The maximum atomic E-state index is 12.6. The molecule has 3 N–H and O–H groups in total. The van der Waals surface area contributed by atoms with Gasteiger partial charge in [-0.05, 0) is 65.6 Å². The summed E-state index contributed by atoms with van der Waals surface area (Å²) < 4.78 is 6.09. The van der Waals surface area contributed by atoms with Crippen LogP contribution in [0, 0.1) is 17.8 Å². The summed E-state index contributed by atoms with van der Waals surface area (Å²) in [4.78, 5) is 12.6. The van der Waals surface area contributed by atoms with Crippen LogP contribution in [-0.4, -0.2) is 19.1 Å².